The van der Waals surface area contributed by atoms with Crippen LogP contribution in [0, 0.1) is 11.3 Å². The molecule has 0 aliphatic rings. The minimum Gasteiger partial charge on any atom is -0.391 e. The Morgan fingerprint density at radius 1 is 1.25 bits per heavy atom. The second-order valence-corrected chi connectivity index (χ2v) is 5.43. The van der Waals surface area contributed by atoms with E-state index in [9.17, 15) is 4.79 Å². The van der Waals surface area contributed by atoms with Gasteiger partial charge in [0.1, 0.15) is 6.42 Å². The monoisotopic (exact) mass is 283 g/mol. The molecule has 0 rings (SSSR count). The van der Waals surface area contributed by atoms with E-state index in [0.717, 1.165) is 32.2 Å². The van der Waals surface area contributed by atoms with Gasteiger partial charge in [0.25, 0.3) is 0 Å². The van der Waals surface area contributed by atoms with E-state index < -0.39 is 5.60 Å². The molecule has 0 saturated heterocycles. The van der Waals surface area contributed by atoms with Gasteiger partial charge in [-0.25, -0.2) is 0 Å². The van der Waals surface area contributed by atoms with Crippen LogP contribution in [0.4, 0.5) is 0 Å². The molecular weight excluding hydrogens is 254 g/mol. The molecule has 0 saturated carbocycles. The molecule has 116 valence electrons. The van der Waals surface area contributed by atoms with E-state index in [0.29, 0.717) is 6.54 Å². The van der Waals surface area contributed by atoms with Crippen molar-refractivity contribution >= 4 is 5.91 Å². The smallest absolute Gasteiger partial charge is 0.234 e. The van der Waals surface area contributed by atoms with Crippen molar-refractivity contribution in [3.8, 4) is 6.07 Å². The molecule has 5 nitrogen and oxygen atoms in total. The second kappa shape index (κ2) is 13.9. The number of amides is 1. The van der Waals surface area contributed by atoms with Crippen LogP contribution >= 0.6 is 0 Å². The lowest BCUT2D eigenvalue weighted by atomic mass is 10.2. The lowest BCUT2D eigenvalue weighted by Crippen LogP contribution is -2.23. The molecule has 0 unspecified atom stereocenters. The molecule has 0 atom stereocenters. The van der Waals surface area contributed by atoms with Crippen LogP contribution in [0.5, 0.6) is 0 Å². The fourth-order valence-electron chi connectivity index (χ4n) is 1.17. The van der Waals surface area contributed by atoms with Gasteiger partial charge in [0.15, 0.2) is 0 Å². The predicted molar refractivity (Wildman–Crippen MR) is 81.9 cm³/mol. The molecular formula is C15H29N3O2. The van der Waals surface area contributed by atoms with Gasteiger partial charge in [0.2, 0.25) is 5.91 Å². The molecule has 0 heterocycles. The Balaban J connectivity index is 0. The third kappa shape index (κ3) is 30.0. The molecule has 3 N–H and O–H groups in total. The Labute approximate surface area is 123 Å². The molecule has 20 heavy (non-hydrogen) atoms. The van der Waals surface area contributed by atoms with Crippen LogP contribution in [0.3, 0.4) is 0 Å². The number of hydrogen-bond donors (Lipinski definition) is 3. The van der Waals surface area contributed by atoms with Gasteiger partial charge in [-0.1, -0.05) is 19.4 Å². The van der Waals surface area contributed by atoms with Crippen LogP contribution in [0.15, 0.2) is 12.8 Å². The molecule has 0 aliphatic carbocycles. The van der Waals surface area contributed by atoms with Crippen LogP contribution in [0.25, 0.3) is 0 Å². The number of hydrogen-bond acceptors (Lipinski definition) is 4. The van der Waals surface area contributed by atoms with Crippen LogP contribution < -0.4 is 10.6 Å². The van der Waals surface area contributed by atoms with Crippen LogP contribution in [0.1, 0.15) is 52.9 Å². The predicted octanol–water partition coefficient (Wildman–Crippen LogP) is 2.09. The Morgan fingerprint density at radius 2 is 1.75 bits per heavy atom. The summed E-state index contributed by atoms with van der Waals surface area (Å²) in [6, 6.07) is 1.81. The summed E-state index contributed by atoms with van der Waals surface area (Å²) in [6.45, 7) is 10.4. The summed E-state index contributed by atoms with van der Waals surface area (Å²) in [5.74, 6) is -0.175. The fraction of sp³-hybridized carbons (Fsp3) is 0.733. The number of nitriles is 1. The quantitative estimate of drug-likeness (QED) is 0.566. The van der Waals surface area contributed by atoms with E-state index in [-0.39, 0.29) is 12.3 Å². The van der Waals surface area contributed by atoms with Gasteiger partial charge in [-0.05, 0) is 39.8 Å². The number of rotatable bonds is 9. The Morgan fingerprint density at radius 3 is 2.20 bits per heavy atom. The van der Waals surface area contributed by atoms with Crippen LogP contribution in [-0.4, -0.2) is 29.7 Å². The maximum Gasteiger partial charge on any atom is 0.234 e. The minimum absolute atomic E-state index is 0.0384. The zero-order chi connectivity index (χ0) is 15.9. The number of nitrogens with one attached hydrogen (secondary N) is 2. The van der Waals surface area contributed by atoms with Gasteiger partial charge in [-0.2, -0.15) is 5.26 Å². The summed E-state index contributed by atoms with van der Waals surface area (Å²) in [5, 5.41) is 22.5. The molecule has 0 aromatic heterocycles. The third-order valence-electron chi connectivity index (χ3n) is 1.95. The van der Waals surface area contributed by atoms with E-state index in [1.165, 1.54) is 0 Å². The molecule has 0 aliphatic heterocycles. The summed E-state index contributed by atoms with van der Waals surface area (Å²) in [5.41, 5.74) is -0.500. The first-order valence-corrected chi connectivity index (χ1v) is 7.01. The van der Waals surface area contributed by atoms with E-state index >= 15 is 0 Å². The Bertz CT molecular complexity index is 284. The number of unbranched alkanes of at least 4 members (excludes halogenated alkanes) is 3. The van der Waals surface area contributed by atoms with Gasteiger partial charge >= 0.3 is 0 Å². The summed E-state index contributed by atoms with van der Waals surface area (Å²) < 4.78 is 0. The molecule has 0 aromatic carbocycles. The fourth-order valence-corrected chi connectivity index (χ4v) is 1.17. The highest BCUT2D eigenvalue weighted by molar-refractivity contribution is 5.77. The lowest BCUT2D eigenvalue weighted by molar-refractivity contribution is -0.120. The molecule has 0 fully saturated rings. The minimum atomic E-state index is -0.500. The summed E-state index contributed by atoms with van der Waals surface area (Å²) in [4.78, 5) is 10.9. The Hall–Kier alpha value is -1.54. The van der Waals surface area contributed by atoms with Gasteiger partial charge in [-0.15, -0.1) is 0 Å². The lowest BCUT2D eigenvalue weighted by Gasteiger charge is -2.04. The number of carbonyl (C=O) groups is 1. The number of nitrogens with zero attached hydrogens (tertiary/aromatic N) is 1. The van der Waals surface area contributed by atoms with Gasteiger partial charge in [0.05, 0.1) is 11.7 Å². The summed E-state index contributed by atoms with van der Waals surface area (Å²) >= 11 is 0. The van der Waals surface area contributed by atoms with E-state index in [1.54, 1.807) is 27.0 Å². The molecule has 5 heteroatoms. The van der Waals surface area contributed by atoms with Crippen LogP contribution in [-0.2, 0) is 4.79 Å². The maximum absolute atomic E-state index is 10.9. The van der Waals surface area contributed by atoms with Crippen molar-refractivity contribution in [2.24, 2.45) is 0 Å². The van der Waals surface area contributed by atoms with Crippen molar-refractivity contribution in [2.45, 2.75) is 58.5 Å². The van der Waals surface area contributed by atoms with Crippen LogP contribution in [0.2, 0.25) is 0 Å². The maximum atomic E-state index is 10.9. The Kier molecular flexibility index (Phi) is 14.4. The highest BCUT2D eigenvalue weighted by Crippen LogP contribution is 1.97. The first kappa shape index (κ1) is 20.8. The summed E-state index contributed by atoms with van der Waals surface area (Å²) in [6.07, 6.45) is 6.01. The highest BCUT2D eigenvalue weighted by atomic mass is 16.3. The number of aliphatic hydroxyl groups is 1. The first-order chi connectivity index (χ1) is 9.31. The molecule has 0 spiro atoms. The molecule has 0 radical (unpaired) electrons. The standard InChI is InChI=1S/C11H19N3O.C4H10O/c1-2-13-9-5-3-4-6-10-14-11(15)7-8-12;1-4(2,3)5/h2,13H,1,3-7,9-10H2,(H,14,15);5H,1-3H3. The van der Waals surface area contributed by atoms with Gasteiger partial charge in [-0.3, -0.25) is 4.79 Å². The van der Waals surface area contributed by atoms with Gasteiger partial charge in [0, 0.05) is 13.1 Å². The third-order valence-corrected chi connectivity index (χ3v) is 1.95. The van der Waals surface area contributed by atoms with Crippen molar-refractivity contribution < 1.29 is 9.90 Å². The molecule has 0 aromatic rings. The zero-order valence-electron chi connectivity index (χ0n) is 13.0. The zero-order valence-corrected chi connectivity index (χ0v) is 13.0. The molecule has 0 bridgehead atoms. The normalized spacial score (nSPS) is 9.75. The van der Waals surface area contributed by atoms with E-state index in [1.807, 2.05) is 6.07 Å². The largest absolute Gasteiger partial charge is 0.391 e. The van der Waals surface area contributed by atoms with Gasteiger partial charge < -0.3 is 15.7 Å². The van der Waals surface area contributed by atoms with Crippen molar-refractivity contribution in [3.63, 3.8) is 0 Å². The van der Waals surface area contributed by atoms with Crippen molar-refractivity contribution in [2.75, 3.05) is 13.1 Å². The summed E-state index contributed by atoms with van der Waals surface area (Å²) in [7, 11) is 0. The van der Waals surface area contributed by atoms with Crippen molar-refractivity contribution in [3.05, 3.63) is 12.8 Å². The van der Waals surface area contributed by atoms with Crippen molar-refractivity contribution in [1.29, 1.82) is 5.26 Å². The van der Waals surface area contributed by atoms with Crippen molar-refractivity contribution in [1.82, 2.24) is 10.6 Å². The second-order valence-electron chi connectivity index (χ2n) is 5.43. The first-order valence-electron chi connectivity index (χ1n) is 7.01. The topological polar surface area (TPSA) is 85.1 Å². The number of carbonyl (C=O) groups excluding carboxylic acids is 1. The average Bonchev–Trinajstić information content (AvgIpc) is 2.31. The van der Waals surface area contributed by atoms with E-state index in [2.05, 4.69) is 17.2 Å². The molecule has 1 amide bonds. The van der Waals surface area contributed by atoms with E-state index in [4.69, 9.17) is 10.4 Å². The average molecular weight is 283 g/mol. The SMILES string of the molecule is C=CNCCCCCCNC(=O)CC#N.CC(C)(C)O. The highest BCUT2D eigenvalue weighted by Gasteiger charge is 1.98.